The quantitative estimate of drug-likeness (QED) is 0.608. The summed E-state index contributed by atoms with van der Waals surface area (Å²) in [7, 11) is 0. The molecule has 1 aromatic heterocycles. The Morgan fingerprint density at radius 2 is 1.94 bits per heavy atom. The number of piperidine rings is 1. The van der Waals surface area contributed by atoms with Crippen molar-refractivity contribution in [2.24, 2.45) is 0 Å². The highest BCUT2D eigenvalue weighted by atomic mass is 32.1. The fraction of sp³-hybridized carbons (Fsp3) is 0.542. The maximum absolute atomic E-state index is 12.5. The van der Waals surface area contributed by atoms with Crippen LogP contribution in [0.15, 0.2) is 35.8 Å². The van der Waals surface area contributed by atoms with Crippen LogP contribution < -0.4 is 10.1 Å². The van der Waals surface area contributed by atoms with Gasteiger partial charge in [0, 0.05) is 43.0 Å². The number of hydrogen-bond acceptors (Lipinski definition) is 6. The summed E-state index contributed by atoms with van der Waals surface area (Å²) >= 11 is 1.72. The van der Waals surface area contributed by atoms with E-state index in [1.54, 1.807) is 11.3 Å². The lowest BCUT2D eigenvalue weighted by Gasteiger charge is -2.47. The van der Waals surface area contributed by atoms with Crippen molar-refractivity contribution in [3.05, 3.63) is 46.4 Å². The molecule has 2 aromatic rings. The van der Waals surface area contributed by atoms with Crippen molar-refractivity contribution in [2.45, 2.75) is 69.8 Å². The van der Waals surface area contributed by atoms with E-state index in [9.17, 15) is 18.0 Å². The molecule has 3 heterocycles. The second kappa shape index (κ2) is 11.4. The minimum Gasteiger partial charge on any atom is -0.487 e. The van der Waals surface area contributed by atoms with Gasteiger partial charge in [0.15, 0.2) is 0 Å². The normalized spacial score (nSPS) is 19.3. The van der Waals surface area contributed by atoms with E-state index in [4.69, 9.17) is 14.6 Å². The third kappa shape index (κ3) is 7.66. The molecule has 1 spiro atoms. The van der Waals surface area contributed by atoms with E-state index >= 15 is 0 Å². The average molecular weight is 514 g/mol. The van der Waals surface area contributed by atoms with E-state index in [2.05, 4.69) is 27.3 Å². The van der Waals surface area contributed by atoms with E-state index < -0.39 is 12.1 Å². The Morgan fingerprint density at radius 1 is 1.29 bits per heavy atom. The fourth-order valence-corrected chi connectivity index (χ4v) is 5.14. The molecule has 1 amide bonds. The molecule has 0 aliphatic carbocycles. The van der Waals surface area contributed by atoms with E-state index in [1.165, 1.54) is 10.6 Å². The topological polar surface area (TPSA) is 91.8 Å². The van der Waals surface area contributed by atoms with Gasteiger partial charge in [-0.15, -0.1) is 11.3 Å². The zero-order valence-electron chi connectivity index (χ0n) is 19.7. The number of amides is 1. The first-order chi connectivity index (χ1) is 16.5. The number of thiazole rings is 1. The van der Waals surface area contributed by atoms with Gasteiger partial charge in [-0.3, -0.25) is 9.69 Å². The molecule has 7 nitrogen and oxygen atoms in total. The van der Waals surface area contributed by atoms with Crippen molar-refractivity contribution >= 4 is 23.2 Å². The third-order valence-corrected chi connectivity index (χ3v) is 6.80. The zero-order valence-corrected chi connectivity index (χ0v) is 20.5. The van der Waals surface area contributed by atoms with Crippen LogP contribution in [-0.2, 0) is 16.1 Å². The number of para-hydroxylation sites is 1. The number of benzene rings is 1. The van der Waals surface area contributed by atoms with Gasteiger partial charge in [-0.1, -0.05) is 18.2 Å². The zero-order chi connectivity index (χ0) is 25.6. The maximum atomic E-state index is 12.5. The molecule has 0 radical (unpaired) electrons. The molecule has 0 bridgehead atoms. The monoisotopic (exact) mass is 513 g/mol. The lowest BCUT2D eigenvalue weighted by atomic mass is 9.76. The van der Waals surface area contributed by atoms with Crippen molar-refractivity contribution in [3.8, 4) is 5.75 Å². The van der Waals surface area contributed by atoms with Gasteiger partial charge in [0.1, 0.15) is 16.4 Å². The fourth-order valence-electron chi connectivity index (χ4n) is 4.48. The van der Waals surface area contributed by atoms with Gasteiger partial charge in [0.25, 0.3) is 0 Å². The van der Waals surface area contributed by atoms with Gasteiger partial charge in [0.05, 0.1) is 6.54 Å². The number of nitrogens with zero attached hydrogens (tertiary/aromatic N) is 2. The summed E-state index contributed by atoms with van der Waals surface area (Å²) in [4.78, 5) is 28.2. The molecule has 2 aliphatic rings. The summed E-state index contributed by atoms with van der Waals surface area (Å²) in [5.41, 5.74) is 1.02. The van der Waals surface area contributed by atoms with Crippen molar-refractivity contribution < 1.29 is 32.6 Å². The Morgan fingerprint density at radius 3 is 2.51 bits per heavy atom. The van der Waals surface area contributed by atoms with Crippen molar-refractivity contribution in [3.63, 3.8) is 0 Å². The molecule has 35 heavy (non-hydrogen) atoms. The van der Waals surface area contributed by atoms with Crippen molar-refractivity contribution in [1.29, 1.82) is 0 Å². The Hall–Kier alpha value is -2.66. The molecule has 2 aliphatic heterocycles. The van der Waals surface area contributed by atoms with Crippen LogP contribution in [0.3, 0.4) is 0 Å². The Kier molecular flexibility index (Phi) is 8.76. The number of halogens is 3. The number of aromatic nitrogens is 1. The molecule has 1 atom stereocenters. The van der Waals surface area contributed by atoms with Crippen LogP contribution >= 0.6 is 11.3 Å². The summed E-state index contributed by atoms with van der Waals surface area (Å²) in [5, 5.41) is 13.4. The number of hydrogen-bond donors (Lipinski definition) is 2. The highest BCUT2D eigenvalue weighted by Crippen LogP contribution is 2.46. The minimum absolute atomic E-state index is 0.132. The molecule has 192 valence electrons. The molecule has 1 unspecified atom stereocenters. The van der Waals surface area contributed by atoms with Crippen molar-refractivity contribution in [1.82, 2.24) is 15.2 Å². The van der Waals surface area contributed by atoms with Crippen LogP contribution in [0.1, 0.15) is 56.0 Å². The average Bonchev–Trinajstić information content (AvgIpc) is 3.28. The van der Waals surface area contributed by atoms with Crippen LogP contribution in [0.5, 0.6) is 5.75 Å². The maximum Gasteiger partial charge on any atom is 0.490 e. The molecule has 4 rings (SSSR count). The molecular formula is C24H30F3N3O4S. The van der Waals surface area contributed by atoms with Crippen LogP contribution in [-0.4, -0.2) is 57.8 Å². The predicted octanol–water partition coefficient (Wildman–Crippen LogP) is 4.59. The first kappa shape index (κ1) is 26.9. The number of carbonyl (C=O) groups is 2. The van der Waals surface area contributed by atoms with Gasteiger partial charge < -0.3 is 15.2 Å². The number of carboxylic acids is 1. The van der Waals surface area contributed by atoms with Crippen LogP contribution in [0.2, 0.25) is 0 Å². The molecular weight excluding hydrogens is 483 g/mol. The summed E-state index contributed by atoms with van der Waals surface area (Å²) in [6.45, 7) is 6.95. The number of fused-ring (bicyclic) bond motifs is 1. The molecule has 11 heteroatoms. The number of carbonyl (C=O) groups excluding carboxylic acids is 1. The van der Waals surface area contributed by atoms with E-state index in [-0.39, 0.29) is 23.5 Å². The minimum atomic E-state index is -5.08. The number of nitrogens with one attached hydrogen (secondary N) is 1. The van der Waals surface area contributed by atoms with Crippen molar-refractivity contribution in [2.75, 3.05) is 13.1 Å². The summed E-state index contributed by atoms with van der Waals surface area (Å²) in [6.07, 6.45) is 0.229. The summed E-state index contributed by atoms with van der Waals surface area (Å²) in [5.74, 6) is -1.45. The third-order valence-electron chi connectivity index (χ3n) is 6.04. The highest BCUT2D eigenvalue weighted by molar-refractivity contribution is 7.09. The number of likely N-dealkylation sites (tertiary alicyclic amines) is 1. The van der Waals surface area contributed by atoms with Gasteiger partial charge in [-0.25, -0.2) is 9.78 Å². The molecule has 1 aromatic carbocycles. The van der Waals surface area contributed by atoms with Gasteiger partial charge in [0.2, 0.25) is 5.91 Å². The SMILES string of the molecule is CC(C)NC(=O)CC1CC2(CCN(Cc3nccs3)CC2)Oc2ccccc21.O=C(O)C(F)(F)F. The van der Waals surface area contributed by atoms with E-state index in [1.807, 2.05) is 37.6 Å². The van der Waals surface area contributed by atoms with E-state index in [0.29, 0.717) is 6.42 Å². The largest absolute Gasteiger partial charge is 0.490 e. The van der Waals surface area contributed by atoms with E-state index in [0.717, 1.165) is 44.6 Å². The van der Waals surface area contributed by atoms with Gasteiger partial charge in [-0.05, 0) is 44.7 Å². The molecule has 0 saturated carbocycles. The lowest BCUT2D eigenvalue weighted by Crippen LogP contribution is -2.50. The first-order valence-corrected chi connectivity index (χ1v) is 12.3. The number of aliphatic carboxylic acids is 1. The smallest absolute Gasteiger partial charge is 0.487 e. The van der Waals surface area contributed by atoms with Gasteiger partial charge in [-0.2, -0.15) is 13.2 Å². The predicted molar refractivity (Wildman–Crippen MR) is 125 cm³/mol. The Bertz CT molecular complexity index is 990. The standard InChI is InChI=1S/C22H29N3O2S.C2HF3O2/c1-16(2)24-20(26)13-17-14-22(27-19-6-4-3-5-18(17)19)7-10-25(11-8-22)15-21-23-9-12-28-21;3-2(4,5)1(6)7/h3-6,9,12,16-17H,7-8,10-11,13-15H2,1-2H3,(H,24,26);(H,6,7). The van der Waals surface area contributed by atoms with Crippen LogP contribution in [0, 0.1) is 0 Å². The van der Waals surface area contributed by atoms with Crippen LogP contribution in [0.4, 0.5) is 13.2 Å². The Labute approximate surface area is 206 Å². The number of alkyl halides is 3. The lowest BCUT2D eigenvalue weighted by molar-refractivity contribution is -0.192. The van der Waals surface area contributed by atoms with Crippen LogP contribution in [0.25, 0.3) is 0 Å². The molecule has 2 N–H and O–H groups in total. The Balaban J connectivity index is 0.000000429. The second-order valence-corrected chi connectivity index (χ2v) is 10.1. The highest BCUT2D eigenvalue weighted by Gasteiger charge is 2.43. The number of rotatable bonds is 5. The summed E-state index contributed by atoms with van der Waals surface area (Å²) < 4.78 is 38.3. The van der Waals surface area contributed by atoms with Gasteiger partial charge >= 0.3 is 12.1 Å². The summed E-state index contributed by atoms with van der Waals surface area (Å²) in [6, 6.07) is 8.43. The first-order valence-electron chi connectivity index (χ1n) is 11.5. The molecule has 1 saturated heterocycles. The molecule has 1 fully saturated rings. The number of carboxylic acid groups (broad SMARTS) is 1. The number of ether oxygens (including phenoxy) is 1. The second-order valence-electron chi connectivity index (χ2n) is 9.16.